The monoisotopic (exact) mass is 199 g/mol. The van der Waals surface area contributed by atoms with E-state index < -0.39 is 0 Å². The van der Waals surface area contributed by atoms with Crippen LogP contribution in [0.5, 0.6) is 5.75 Å². The van der Waals surface area contributed by atoms with E-state index in [0.717, 1.165) is 16.4 Å². The van der Waals surface area contributed by atoms with Gasteiger partial charge in [0.1, 0.15) is 16.9 Å². The van der Waals surface area contributed by atoms with Gasteiger partial charge in [0.25, 0.3) is 0 Å². The molecule has 0 aliphatic rings. The highest BCUT2D eigenvalue weighted by Gasteiger charge is 2.11. The van der Waals surface area contributed by atoms with Gasteiger partial charge in [0.15, 0.2) is 0 Å². The molecule has 0 amide bonds. The van der Waals surface area contributed by atoms with E-state index in [4.69, 9.17) is 10.2 Å². The summed E-state index contributed by atoms with van der Waals surface area (Å²) in [6.45, 7) is 0. The summed E-state index contributed by atoms with van der Waals surface area (Å²) < 4.78 is 5.60. The van der Waals surface area contributed by atoms with Gasteiger partial charge in [0, 0.05) is 5.39 Å². The van der Waals surface area contributed by atoms with E-state index in [1.54, 1.807) is 12.1 Å². The average Bonchev–Trinajstić information content (AvgIpc) is 2.62. The number of furan rings is 1. The zero-order valence-corrected chi connectivity index (χ0v) is 7.90. The van der Waals surface area contributed by atoms with Crippen LogP contribution in [-0.4, -0.2) is 5.11 Å². The summed E-state index contributed by atoms with van der Waals surface area (Å²) in [7, 11) is 0. The van der Waals surface area contributed by atoms with Crippen molar-refractivity contribution in [2.24, 2.45) is 0 Å². The second-order valence-corrected chi connectivity index (χ2v) is 3.47. The number of phenolic OH excluding ortho intramolecular Hbond substituents is 1. The Balaban J connectivity index is 2.63. The van der Waals surface area contributed by atoms with Crippen molar-refractivity contribution in [2.45, 2.75) is 0 Å². The first-order valence-corrected chi connectivity index (χ1v) is 4.66. The summed E-state index contributed by atoms with van der Waals surface area (Å²) in [5.41, 5.74) is 7.67. The van der Waals surface area contributed by atoms with Crippen molar-refractivity contribution < 1.29 is 9.52 Å². The summed E-state index contributed by atoms with van der Waals surface area (Å²) >= 11 is 0. The molecule has 3 heteroatoms. The van der Waals surface area contributed by atoms with Gasteiger partial charge in [-0.2, -0.15) is 0 Å². The fourth-order valence-corrected chi connectivity index (χ4v) is 1.83. The largest absolute Gasteiger partial charge is 0.506 e. The quantitative estimate of drug-likeness (QED) is 0.432. The molecule has 15 heavy (non-hydrogen) atoms. The van der Waals surface area contributed by atoms with Gasteiger partial charge in [-0.15, -0.1) is 0 Å². The molecule has 0 fully saturated rings. The molecule has 3 rings (SSSR count). The maximum atomic E-state index is 9.53. The summed E-state index contributed by atoms with van der Waals surface area (Å²) in [6.07, 6.45) is 0. The molecule has 0 saturated carbocycles. The minimum atomic E-state index is 0.0917. The van der Waals surface area contributed by atoms with Crippen molar-refractivity contribution in [3.05, 3.63) is 36.4 Å². The highest BCUT2D eigenvalue weighted by Crippen LogP contribution is 2.36. The molecule has 0 aliphatic heterocycles. The Morgan fingerprint density at radius 2 is 1.80 bits per heavy atom. The Bertz CT molecular complexity index is 655. The lowest BCUT2D eigenvalue weighted by Gasteiger charge is -1.98. The Labute approximate surface area is 85.7 Å². The molecule has 0 unspecified atom stereocenters. The van der Waals surface area contributed by atoms with Gasteiger partial charge in [0.05, 0.1) is 11.1 Å². The Morgan fingerprint density at radius 3 is 2.67 bits per heavy atom. The topological polar surface area (TPSA) is 59.4 Å². The zero-order chi connectivity index (χ0) is 10.4. The molecular weight excluding hydrogens is 190 g/mol. The van der Waals surface area contributed by atoms with Crippen LogP contribution in [0.2, 0.25) is 0 Å². The summed E-state index contributed by atoms with van der Waals surface area (Å²) in [4.78, 5) is 0. The second kappa shape index (κ2) is 2.67. The summed E-state index contributed by atoms with van der Waals surface area (Å²) in [5, 5.41) is 11.2. The minimum Gasteiger partial charge on any atom is -0.506 e. The van der Waals surface area contributed by atoms with Crippen LogP contribution in [0.1, 0.15) is 0 Å². The summed E-state index contributed by atoms with van der Waals surface area (Å²) in [5.74, 6) is 0.0917. The maximum absolute atomic E-state index is 9.53. The third kappa shape index (κ3) is 1.00. The lowest BCUT2D eigenvalue weighted by atomic mass is 10.1. The van der Waals surface area contributed by atoms with Gasteiger partial charge >= 0.3 is 0 Å². The van der Waals surface area contributed by atoms with Crippen LogP contribution in [0, 0.1) is 0 Å². The van der Waals surface area contributed by atoms with Crippen molar-refractivity contribution >= 4 is 27.6 Å². The van der Waals surface area contributed by atoms with Crippen LogP contribution in [0.15, 0.2) is 40.8 Å². The smallest absolute Gasteiger partial charge is 0.139 e. The number of nitrogen functional groups attached to an aromatic ring is 1. The van der Waals surface area contributed by atoms with Crippen LogP contribution in [0.25, 0.3) is 21.9 Å². The number of fused-ring (bicyclic) bond motifs is 3. The minimum absolute atomic E-state index is 0.0917. The van der Waals surface area contributed by atoms with Gasteiger partial charge < -0.3 is 15.3 Å². The Morgan fingerprint density at radius 1 is 1.00 bits per heavy atom. The number of anilines is 1. The first kappa shape index (κ1) is 8.17. The third-order valence-electron chi connectivity index (χ3n) is 2.56. The predicted molar refractivity (Wildman–Crippen MR) is 59.8 cm³/mol. The lowest BCUT2D eigenvalue weighted by molar-refractivity contribution is 0.478. The van der Waals surface area contributed by atoms with Crippen LogP contribution >= 0.6 is 0 Å². The standard InChI is InChI=1S/C12H9NO2/c13-12-8(14)5-6-10-11(12)7-3-1-2-4-9(7)15-10/h1-6,14H,13H2. The number of hydrogen-bond acceptors (Lipinski definition) is 3. The molecule has 1 heterocycles. The third-order valence-corrected chi connectivity index (χ3v) is 2.56. The van der Waals surface area contributed by atoms with E-state index in [-0.39, 0.29) is 5.75 Å². The number of phenols is 1. The van der Waals surface area contributed by atoms with Gasteiger partial charge in [-0.1, -0.05) is 18.2 Å². The van der Waals surface area contributed by atoms with Crippen molar-refractivity contribution in [2.75, 3.05) is 5.73 Å². The Hall–Kier alpha value is -2.16. The first-order valence-electron chi connectivity index (χ1n) is 4.66. The van der Waals surface area contributed by atoms with Crippen molar-refractivity contribution in [1.29, 1.82) is 0 Å². The highest BCUT2D eigenvalue weighted by atomic mass is 16.3. The van der Waals surface area contributed by atoms with Gasteiger partial charge in [0.2, 0.25) is 0 Å². The lowest BCUT2D eigenvalue weighted by Crippen LogP contribution is -1.85. The number of rotatable bonds is 0. The van der Waals surface area contributed by atoms with E-state index in [0.29, 0.717) is 11.3 Å². The van der Waals surface area contributed by atoms with Gasteiger partial charge in [-0.05, 0) is 18.2 Å². The van der Waals surface area contributed by atoms with Crippen LogP contribution in [0.4, 0.5) is 5.69 Å². The zero-order valence-electron chi connectivity index (χ0n) is 7.90. The van der Waals surface area contributed by atoms with E-state index in [1.165, 1.54) is 0 Å². The molecule has 74 valence electrons. The molecule has 0 spiro atoms. The normalized spacial score (nSPS) is 11.2. The maximum Gasteiger partial charge on any atom is 0.139 e. The number of aromatic hydroxyl groups is 1. The van der Waals surface area contributed by atoms with E-state index >= 15 is 0 Å². The Kier molecular flexibility index (Phi) is 1.45. The molecule has 3 nitrogen and oxygen atoms in total. The highest BCUT2D eigenvalue weighted by molar-refractivity contribution is 6.12. The number of benzene rings is 2. The molecule has 1 aromatic heterocycles. The van der Waals surface area contributed by atoms with Crippen molar-refractivity contribution in [3.8, 4) is 5.75 Å². The second-order valence-electron chi connectivity index (χ2n) is 3.47. The van der Waals surface area contributed by atoms with E-state index in [1.807, 2.05) is 24.3 Å². The van der Waals surface area contributed by atoms with E-state index in [9.17, 15) is 5.11 Å². The summed E-state index contributed by atoms with van der Waals surface area (Å²) in [6, 6.07) is 10.9. The number of para-hydroxylation sites is 1. The molecule has 3 aromatic rings. The SMILES string of the molecule is Nc1c(O)ccc2oc3ccccc3c12. The fourth-order valence-electron chi connectivity index (χ4n) is 1.83. The molecule has 0 radical (unpaired) electrons. The molecule has 0 bridgehead atoms. The van der Waals surface area contributed by atoms with Crippen LogP contribution < -0.4 is 5.73 Å². The number of nitrogens with two attached hydrogens (primary N) is 1. The van der Waals surface area contributed by atoms with Crippen LogP contribution in [0.3, 0.4) is 0 Å². The van der Waals surface area contributed by atoms with Gasteiger partial charge in [-0.3, -0.25) is 0 Å². The van der Waals surface area contributed by atoms with Gasteiger partial charge in [-0.25, -0.2) is 0 Å². The molecular formula is C12H9NO2. The molecule has 3 N–H and O–H groups in total. The van der Waals surface area contributed by atoms with E-state index in [2.05, 4.69) is 0 Å². The molecule has 0 aliphatic carbocycles. The molecule has 0 saturated heterocycles. The van der Waals surface area contributed by atoms with Crippen molar-refractivity contribution in [1.82, 2.24) is 0 Å². The molecule has 0 atom stereocenters. The predicted octanol–water partition coefficient (Wildman–Crippen LogP) is 2.87. The van der Waals surface area contributed by atoms with Crippen molar-refractivity contribution in [3.63, 3.8) is 0 Å². The van der Waals surface area contributed by atoms with Crippen LogP contribution in [-0.2, 0) is 0 Å². The fraction of sp³-hybridized carbons (Fsp3) is 0. The average molecular weight is 199 g/mol. The molecule has 2 aromatic carbocycles. The number of hydrogen-bond donors (Lipinski definition) is 2. The first-order chi connectivity index (χ1) is 7.27.